The van der Waals surface area contributed by atoms with Gasteiger partial charge in [-0.3, -0.25) is 9.48 Å². The van der Waals surface area contributed by atoms with Crippen molar-refractivity contribution in [1.82, 2.24) is 15.1 Å². The largest absolute Gasteiger partial charge is 0.416 e. The maximum absolute atomic E-state index is 12.6. The third kappa shape index (κ3) is 3.62. The molecule has 1 N–H and O–H groups in total. The average molecular weight is 297 g/mol. The molecule has 2 aromatic rings. The molecule has 1 amide bonds. The fourth-order valence-corrected chi connectivity index (χ4v) is 1.86. The van der Waals surface area contributed by atoms with Crippen molar-refractivity contribution in [3.05, 3.63) is 53.3 Å². The van der Waals surface area contributed by atoms with Crippen LogP contribution in [0.4, 0.5) is 13.2 Å². The fraction of sp³-hybridized carbons (Fsp3) is 0.286. The number of aryl methyl sites for hydroxylation is 1. The minimum absolute atomic E-state index is 0.0273. The molecule has 0 spiro atoms. The van der Waals surface area contributed by atoms with Crippen molar-refractivity contribution < 1.29 is 18.0 Å². The van der Waals surface area contributed by atoms with Crippen molar-refractivity contribution >= 4 is 5.91 Å². The SMILES string of the molecule is CC(NC(=O)c1cccc(C(F)(F)F)c1)c1cnn(C)c1. The van der Waals surface area contributed by atoms with Crippen molar-refractivity contribution in [2.24, 2.45) is 7.05 Å². The van der Waals surface area contributed by atoms with E-state index < -0.39 is 17.6 Å². The summed E-state index contributed by atoms with van der Waals surface area (Å²) in [4.78, 5) is 12.0. The van der Waals surface area contributed by atoms with Gasteiger partial charge >= 0.3 is 6.18 Å². The second-order valence-electron chi connectivity index (χ2n) is 4.72. The number of nitrogens with zero attached hydrogens (tertiary/aromatic N) is 2. The summed E-state index contributed by atoms with van der Waals surface area (Å²) in [5, 5.41) is 6.63. The van der Waals surface area contributed by atoms with Crippen molar-refractivity contribution in [1.29, 1.82) is 0 Å². The van der Waals surface area contributed by atoms with E-state index in [2.05, 4.69) is 10.4 Å². The number of alkyl halides is 3. The van der Waals surface area contributed by atoms with E-state index in [4.69, 9.17) is 0 Å². The Kier molecular flexibility index (Phi) is 4.02. The smallest absolute Gasteiger partial charge is 0.345 e. The van der Waals surface area contributed by atoms with Gasteiger partial charge in [-0.15, -0.1) is 0 Å². The van der Waals surface area contributed by atoms with Crippen LogP contribution in [0.15, 0.2) is 36.7 Å². The van der Waals surface area contributed by atoms with Crippen LogP contribution >= 0.6 is 0 Å². The second kappa shape index (κ2) is 5.59. The first-order chi connectivity index (χ1) is 9.77. The number of amides is 1. The standard InChI is InChI=1S/C14H14F3N3O/c1-9(11-7-18-20(2)8-11)19-13(21)10-4-3-5-12(6-10)14(15,16)17/h3-9H,1-2H3,(H,19,21). The molecule has 7 heteroatoms. The molecule has 4 nitrogen and oxygen atoms in total. The van der Waals surface area contributed by atoms with Crippen LogP contribution in [-0.2, 0) is 13.2 Å². The highest BCUT2D eigenvalue weighted by Gasteiger charge is 2.31. The van der Waals surface area contributed by atoms with Crippen LogP contribution in [0.5, 0.6) is 0 Å². The monoisotopic (exact) mass is 297 g/mol. The first-order valence-corrected chi connectivity index (χ1v) is 6.24. The van der Waals surface area contributed by atoms with Crippen LogP contribution in [0.1, 0.15) is 34.5 Å². The number of halogens is 3. The van der Waals surface area contributed by atoms with Gasteiger partial charge in [0.05, 0.1) is 17.8 Å². The topological polar surface area (TPSA) is 46.9 Å². The lowest BCUT2D eigenvalue weighted by atomic mass is 10.1. The summed E-state index contributed by atoms with van der Waals surface area (Å²) in [7, 11) is 1.74. The maximum atomic E-state index is 12.6. The lowest BCUT2D eigenvalue weighted by Gasteiger charge is -2.13. The van der Waals surface area contributed by atoms with Gasteiger partial charge in [0.25, 0.3) is 5.91 Å². The van der Waals surface area contributed by atoms with Crippen molar-refractivity contribution in [2.45, 2.75) is 19.1 Å². The number of benzene rings is 1. The highest BCUT2D eigenvalue weighted by molar-refractivity contribution is 5.94. The lowest BCUT2D eigenvalue weighted by Crippen LogP contribution is -2.26. The molecule has 1 aromatic carbocycles. The van der Waals surface area contributed by atoms with Crippen LogP contribution in [-0.4, -0.2) is 15.7 Å². The zero-order chi connectivity index (χ0) is 15.6. The van der Waals surface area contributed by atoms with Crippen LogP contribution in [0.25, 0.3) is 0 Å². The van der Waals surface area contributed by atoms with Crippen molar-refractivity contribution in [3.63, 3.8) is 0 Å². The summed E-state index contributed by atoms with van der Waals surface area (Å²) in [5.41, 5.74) is -0.0948. The van der Waals surface area contributed by atoms with Gasteiger partial charge in [0.2, 0.25) is 0 Å². The normalized spacial score (nSPS) is 13.0. The molecule has 112 valence electrons. The Bertz CT molecular complexity index is 649. The lowest BCUT2D eigenvalue weighted by molar-refractivity contribution is -0.137. The zero-order valence-electron chi connectivity index (χ0n) is 11.5. The Morgan fingerprint density at radius 2 is 2.10 bits per heavy atom. The van der Waals surface area contributed by atoms with Crippen molar-refractivity contribution in [2.75, 3.05) is 0 Å². The maximum Gasteiger partial charge on any atom is 0.416 e. The van der Waals surface area contributed by atoms with Crippen LogP contribution in [0.2, 0.25) is 0 Å². The predicted molar refractivity (Wildman–Crippen MR) is 70.5 cm³/mol. The Morgan fingerprint density at radius 1 is 1.38 bits per heavy atom. The molecule has 2 rings (SSSR count). The van der Waals surface area contributed by atoms with Gasteiger partial charge in [-0.25, -0.2) is 0 Å². The number of carbonyl (C=O) groups is 1. The molecule has 1 heterocycles. The molecule has 1 unspecified atom stereocenters. The van der Waals surface area contributed by atoms with E-state index in [1.54, 1.807) is 31.0 Å². The van der Waals surface area contributed by atoms with Crippen LogP contribution in [0, 0.1) is 0 Å². The first-order valence-electron chi connectivity index (χ1n) is 6.24. The summed E-state index contributed by atoms with van der Waals surface area (Å²) in [6, 6.07) is 3.99. The van der Waals surface area contributed by atoms with E-state index in [0.717, 1.165) is 17.7 Å². The zero-order valence-corrected chi connectivity index (χ0v) is 11.5. The third-order valence-electron chi connectivity index (χ3n) is 3.02. The van der Waals surface area contributed by atoms with E-state index in [1.807, 2.05) is 0 Å². The summed E-state index contributed by atoms with van der Waals surface area (Å²) in [6.45, 7) is 1.74. The van der Waals surface area contributed by atoms with E-state index in [0.29, 0.717) is 0 Å². The average Bonchev–Trinajstić information content (AvgIpc) is 2.84. The Morgan fingerprint density at radius 3 is 2.67 bits per heavy atom. The van der Waals surface area contributed by atoms with E-state index in [-0.39, 0.29) is 11.6 Å². The number of aromatic nitrogens is 2. The molecule has 0 saturated heterocycles. The molecule has 1 aromatic heterocycles. The Labute approximate surface area is 119 Å². The summed E-state index contributed by atoms with van der Waals surface area (Å²) in [6.07, 6.45) is -1.14. The highest BCUT2D eigenvalue weighted by Crippen LogP contribution is 2.29. The highest BCUT2D eigenvalue weighted by atomic mass is 19.4. The number of carbonyl (C=O) groups excluding carboxylic acids is 1. The third-order valence-corrected chi connectivity index (χ3v) is 3.02. The molecule has 21 heavy (non-hydrogen) atoms. The van der Waals surface area contributed by atoms with Gasteiger partial charge in [0.1, 0.15) is 0 Å². The molecular formula is C14H14F3N3O. The number of rotatable bonds is 3. The molecule has 0 fully saturated rings. The minimum atomic E-state index is -4.47. The van der Waals surface area contributed by atoms with E-state index >= 15 is 0 Å². The van der Waals surface area contributed by atoms with Crippen LogP contribution < -0.4 is 5.32 Å². The van der Waals surface area contributed by atoms with E-state index in [1.165, 1.54) is 12.1 Å². The predicted octanol–water partition coefficient (Wildman–Crippen LogP) is 2.93. The molecule has 0 aliphatic carbocycles. The fourth-order valence-electron chi connectivity index (χ4n) is 1.86. The quantitative estimate of drug-likeness (QED) is 0.947. The molecule has 0 aliphatic heterocycles. The molecule has 0 aliphatic rings. The summed E-state index contributed by atoms with van der Waals surface area (Å²) in [5.74, 6) is -0.558. The minimum Gasteiger partial charge on any atom is -0.345 e. The molecule has 0 saturated carbocycles. The van der Waals surface area contributed by atoms with Crippen LogP contribution in [0.3, 0.4) is 0 Å². The molecule has 1 atom stereocenters. The molecule has 0 bridgehead atoms. The first kappa shape index (κ1) is 15.1. The summed E-state index contributed by atoms with van der Waals surface area (Å²) >= 11 is 0. The van der Waals surface area contributed by atoms with Gasteiger partial charge in [-0.05, 0) is 25.1 Å². The van der Waals surface area contributed by atoms with Gasteiger partial charge in [0, 0.05) is 24.4 Å². The van der Waals surface area contributed by atoms with Gasteiger partial charge in [-0.1, -0.05) is 6.07 Å². The Balaban J connectivity index is 2.13. The van der Waals surface area contributed by atoms with Gasteiger partial charge < -0.3 is 5.32 Å². The second-order valence-corrected chi connectivity index (χ2v) is 4.72. The van der Waals surface area contributed by atoms with Gasteiger partial charge in [-0.2, -0.15) is 18.3 Å². The van der Waals surface area contributed by atoms with Gasteiger partial charge in [0.15, 0.2) is 0 Å². The van der Waals surface area contributed by atoms with E-state index in [9.17, 15) is 18.0 Å². The number of nitrogens with one attached hydrogen (secondary N) is 1. The molecule has 0 radical (unpaired) electrons. The number of hydrogen-bond acceptors (Lipinski definition) is 2. The molecular weight excluding hydrogens is 283 g/mol. The number of hydrogen-bond donors (Lipinski definition) is 1. The summed E-state index contributed by atoms with van der Waals surface area (Å²) < 4.78 is 39.4. The van der Waals surface area contributed by atoms with Crippen molar-refractivity contribution in [3.8, 4) is 0 Å². The Hall–Kier alpha value is -2.31.